The first-order valence-corrected chi connectivity index (χ1v) is 9.91. The summed E-state index contributed by atoms with van der Waals surface area (Å²) < 4.78 is 19.5. The third-order valence-electron chi connectivity index (χ3n) is 5.38. The van der Waals surface area contributed by atoms with Crippen LogP contribution in [0.5, 0.6) is 0 Å². The fourth-order valence-electron chi connectivity index (χ4n) is 3.53. The van der Waals surface area contributed by atoms with Crippen molar-refractivity contribution in [3.8, 4) is 0 Å². The number of halogens is 1. The van der Waals surface area contributed by atoms with Crippen molar-refractivity contribution in [2.24, 2.45) is 0 Å². The van der Waals surface area contributed by atoms with E-state index in [0.717, 1.165) is 21.7 Å². The molecule has 0 bridgehead atoms. The highest BCUT2D eigenvalue weighted by Crippen LogP contribution is 2.40. The molecule has 6 nitrogen and oxygen atoms in total. The Morgan fingerprint density at radius 2 is 1.97 bits per heavy atom. The number of imide groups is 1. The van der Waals surface area contributed by atoms with Gasteiger partial charge in [0.15, 0.2) is 0 Å². The van der Waals surface area contributed by atoms with Gasteiger partial charge in [0.25, 0.3) is 11.1 Å². The molecule has 0 spiro atoms. The average Bonchev–Trinajstić information content (AvgIpc) is 2.92. The van der Waals surface area contributed by atoms with Gasteiger partial charge in [-0.3, -0.25) is 14.5 Å². The molecule has 1 unspecified atom stereocenters. The first-order chi connectivity index (χ1) is 13.5. The Bertz CT molecular complexity index is 983. The molecule has 0 N–H and O–H groups in total. The van der Waals surface area contributed by atoms with E-state index in [0.29, 0.717) is 11.8 Å². The summed E-state index contributed by atoms with van der Waals surface area (Å²) in [5, 5.41) is -0.588. The van der Waals surface area contributed by atoms with E-state index in [2.05, 4.69) is 10.8 Å². The summed E-state index contributed by atoms with van der Waals surface area (Å²) in [5.41, 5.74) is 2.59. The summed E-state index contributed by atoms with van der Waals surface area (Å²) in [7, 11) is 3.09. The van der Waals surface area contributed by atoms with Crippen LogP contribution < -0.4 is 4.90 Å². The largest absolute Gasteiger partial charge is 0.467 e. The molecule has 2 amide bonds. The van der Waals surface area contributed by atoms with E-state index in [4.69, 9.17) is 0 Å². The van der Waals surface area contributed by atoms with E-state index in [1.54, 1.807) is 6.07 Å². The third kappa shape index (κ3) is 3.57. The molecule has 2 aliphatic heterocycles. The second-order valence-corrected chi connectivity index (χ2v) is 8.67. The fraction of sp³-hybridized carbons (Fsp3) is 0.381. The summed E-state index contributed by atoms with van der Waals surface area (Å²) in [6.07, 6.45) is 3.46. The van der Waals surface area contributed by atoms with Crippen molar-refractivity contribution in [3.63, 3.8) is 0 Å². The number of thioether (sulfide) groups is 1. The first-order valence-electron chi connectivity index (χ1n) is 9.10. The molecular formula is C21H23FN2O4S. The Hall–Kier alpha value is -2.61. The highest BCUT2D eigenvalue weighted by molar-refractivity contribution is 8.18. The van der Waals surface area contributed by atoms with Crippen molar-refractivity contribution in [1.82, 2.24) is 4.90 Å². The van der Waals surface area contributed by atoms with Crippen molar-refractivity contribution < 1.29 is 23.5 Å². The topological polar surface area (TPSA) is 66.9 Å². The second kappa shape index (κ2) is 7.33. The standard InChI is InChI=1S/C21H23FN2O4S/c1-11-10-21(3,4)23(5)16-9-15(22)13(7-14(11)16)8-17-18(25)24(20(27)29-17)12(2)19(26)28-6/h7-10,12H,1-6H3/b17-8-. The van der Waals surface area contributed by atoms with Crippen LogP contribution in [0.15, 0.2) is 23.1 Å². The zero-order valence-electron chi connectivity index (χ0n) is 17.2. The Morgan fingerprint density at radius 1 is 1.31 bits per heavy atom. The number of nitrogens with zero attached hydrogens (tertiary/aromatic N) is 2. The summed E-state index contributed by atoms with van der Waals surface area (Å²) >= 11 is 0.679. The smallest absolute Gasteiger partial charge is 0.328 e. The Labute approximate surface area is 173 Å². The van der Waals surface area contributed by atoms with Gasteiger partial charge >= 0.3 is 5.97 Å². The maximum absolute atomic E-state index is 14.9. The number of carbonyl (C=O) groups excluding carboxylic acids is 3. The minimum atomic E-state index is -1.05. The molecule has 29 heavy (non-hydrogen) atoms. The van der Waals surface area contributed by atoms with Gasteiger partial charge in [-0.15, -0.1) is 0 Å². The van der Waals surface area contributed by atoms with Crippen molar-refractivity contribution in [2.45, 2.75) is 39.3 Å². The molecule has 0 radical (unpaired) electrons. The van der Waals surface area contributed by atoms with Crippen LogP contribution in [0.2, 0.25) is 0 Å². The molecule has 0 aliphatic carbocycles. The van der Waals surface area contributed by atoms with Crippen LogP contribution in [0, 0.1) is 5.82 Å². The Morgan fingerprint density at radius 3 is 2.59 bits per heavy atom. The third-order valence-corrected chi connectivity index (χ3v) is 6.26. The van der Waals surface area contributed by atoms with Crippen molar-refractivity contribution in [2.75, 3.05) is 19.1 Å². The van der Waals surface area contributed by atoms with Gasteiger partial charge in [0.1, 0.15) is 11.9 Å². The Kier molecular flexibility index (Phi) is 5.34. The van der Waals surface area contributed by atoms with Crippen molar-refractivity contribution in [3.05, 3.63) is 40.1 Å². The number of methoxy groups -OCH3 is 1. The molecule has 0 saturated carbocycles. The number of likely N-dealkylation sites (N-methyl/N-ethyl adjacent to an activating group) is 1. The lowest BCUT2D eigenvalue weighted by atomic mass is 9.88. The van der Waals surface area contributed by atoms with Crippen molar-refractivity contribution in [1.29, 1.82) is 0 Å². The summed E-state index contributed by atoms with van der Waals surface area (Å²) in [6, 6.07) is 2.08. The monoisotopic (exact) mass is 418 g/mol. The SMILES string of the molecule is COC(=O)C(C)N1C(=O)S/C(=C\c2cc3c(cc2F)N(C)C(C)(C)C=C3C)C1=O. The molecule has 1 atom stereocenters. The van der Waals surface area contributed by atoms with Gasteiger partial charge in [0, 0.05) is 23.9 Å². The number of allylic oxidation sites excluding steroid dienone is 1. The van der Waals surface area contributed by atoms with Crippen LogP contribution in [0.4, 0.5) is 14.9 Å². The lowest BCUT2D eigenvalue weighted by molar-refractivity contribution is -0.148. The van der Waals surface area contributed by atoms with Gasteiger partial charge in [0.2, 0.25) is 0 Å². The number of esters is 1. The number of hydrogen-bond acceptors (Lipinski definition) is 6. The maximum atomic E-state index is 14.9. The van der Waals surface area contributed by atoms with Crippen LogP contribution in [0.3, 0.4) is 0 Å². The zero-order valence-corrected chi connectivity index (χ0v) is 18.0. The van der Waals surface area contributed by atoms with Crippen LogP contribution in [0.1, 0.15) is 38.8 Å². The van der Waals surface area contributed by atoms with Gasteiger partial charge in [-0.2, -0.15) is 0 Å². The van der Waals surface area contributed by atoms with Gasteiger partial charge in [-0.05, 0) is 63.2 Å². The molecule has 0 aromatic heterocycles. The Balaban J connectivity index is 2.00. The van der Waals surface area contributed by atoms with E-state index in [1.165, 1.54) is 26.2 Å². The summed E-state index contributed by atoms with van der Waals surface area (Å²) in [5.74, 6) is -1.82. The normalized spacial score (nSPS) is 20.7. The number of benzene rings is 1. The maximum Gasteiger partial charge on any atom is 0.328 e. The van der Waals surface area contributed by atoms with Crippen LogP contribution >= 0.6 is 11.8 Å². The van der Waals surface area contributed by atoms with E-state index in [-0.39, 0.29) is 16.0 Å². The molecule has 2 heterocycles. The van der Waals surface area contributed by atoms with E-state index in [1.807, 2.05) is 32.7 Å². The van der Waals surface area contributed by atoms with Crippen LogP contribution in [0.25, 0.3) is 11.6 Å². The number of carbonyl (C=O) groups is 3. The van der Waals surface area contributed by atoms with Crippen LogP contribution in [-0.4, -0.2) is 47.8 Å². The van der Waals surface area contributed by atoms with Gasteiger partial charge < -0.3 is 9.64 Å². The molecule has 154 valence electrons. The van der Waals surface area contributed by atoms with Gasteiger partial charge in [-0.25, -0.2) is 9.18 Å². The second-order valence-electron chi connectivity index (χ2n) is 7.68. The van der Waals surface area contributed by atoms with E-state index in [9.17, 15) is 18.8 Å². The molecule has 1 aromatic carbocycles. The lowest BCUT2D eigenvalue weighted by Gasteiger charge is -2.40. The number of amides is 2. The predicted octanol–water partition coefficient (Wildman–Crippen LogP) is 4.06. The summed E-state index contributed by atoms with van der Waals surface area (Å²) in [6.45, 7) is 7.46. The number of rotatable bonds is 3. The van der Waals surface area contributed by atoms with Gasteiger partial charge in [-0.1, -0.05) is 6.08 Å². The minimum Gasteiger partial charge on any atom is -0.467 e. The predicted molar refractivity (Wildman–Crippen MR) is 112 cm³/mol. The van der Waals surface area contributed by atoms with Gasteiger partial charge in [0.05, 0.1) is 17.6 Å². The van der Waals surface area contributed by atoms with E-state index >= 15 is 0 Å². The number of hydrogen-bond donors (Lipinski definition) is 0. The number of fused-ring (bicyclic) bond motifs is 1. The molecule has 2 aliphatic rings. The fourth-order valence-corrected chi connectivity index (χ4v) is 4.43. The van der Waals surface area contributed by atoms with Crippen LogP contribution in [-0.2, 0) is 14.3 Å². The highest BCUT2D eigenvalue weighted by Gasteiger charge is 2.41. The minimum absolute atomic E-state index is 0.0655. The summed E-state index contributed by atoms with van der Waals surface area (Å²) in [4.78, 5) is 39.5. The van der Waals surface area contributed by atoms with Crippen molar-refractivity contribution >= 4 is 46.2 Å². The number of anilines is 1. The lowest BCUT2D eigenvalue weighted by Crippen LogP contribution is -2.42. The highest BCUT2D eigenvalue weighted by atomic mass is 32.2. The molecule has 1 fully saturated rings. The van der Waals surface area contributed by atoms with E-state index < -0.39 is 29.0 Å². The first kappa shape index (κ1) is 21.1. The average molecular weight is 418 g/mol. The molecule has 8 heteroatoms. The molecular weight excluding hydrogens is 395 g/mol. The molecule has 1 aromatic rings. The molecule has 3 rings (SSSR count). The molecule has 1 saturated heterocycles. The number of ether oxygens (including phenoxy) is 1. The quantitative estimate of drug-likeness (QED) is 0.545. The zero-order chi connectivity index (χ0) is 21.7.